The van der Waals surface area contributed by atoms with Crippen molar-refractivity contribution >= 4 is 29.2 Å². The van der Waals surface area contributed by atoms with E-state index in [1.54, 1.807) is 19.1 Å². The Morgan fingerprint density at radius 1 is 1.15 bits per heavy atom. The smallest absolute Gasteiger partial charge is 0.392 e. The minimum Gasteiger partial charge on any atom is -0.481 e. The summed E-state index contributed by atoms with van der Waals surface area (Å²) in [5, 5.41) is 11.6. The summed E-state index contributed by atoms with van der Waals surface area (Å²) in [4.78, 5) is 24.3. The molecule has 0 heterocycles. The van der Waals surface area contributed by atoms with Crippen LogP contribution in [0.4, 0.5) is 27.6 Å². The molecule has 4 nitrogen and oxygen atoms in total. The number of aryl methyl sites for hydroxylation is 1. The summed E-state index contributed by atoms with van der Waals surface area (Å²) in [5.74, 6) is -11.1. The first-order valence-electron chi connectivity index (χ1n) is 10.5. The topological polar surface area (TPSA) is 66.4 Å². The third-order valence-electron chi connectivity index (χ3n) is 6.17. The normalized spacial score (nSPS) is 19.7. The Morgan fingerprint density at radius 3 is 2.21 bits per heavy atom. The molecular weight excluding hydrogens is 481 g/mol. The van der Waals surface area contributed by atoms with E-state index in [1.807, 2.05) is 0 Å². The Labute approximate surface area is 198 Å². The zero-order chi connectivity index (χ0) is 25.4. The third-order valence-corrected chi connectivity index (χ3v) is 6.50. The van der Waals surface area contributed by atoms with Crippen LogP contribution in [0.15, 0.2) is 42.5 Å². The first-order valence-corrected chi connectivity index (χ1v) is 10.9. The number of halogens is 6. The lowest BCUT2D eigenvalue weighted by Gasteiger charge is -2.26. The van der Waals surface area contributed by atoms with Crippen LogP contribution in [0.3, 0.4) is 0 Å². The van der Waals surface area contributed by atoms with Gasteiger partial charge in [0.2, 0.25) is 5.91 Å². The summed E-state index contributed by atoms with van der Waals surface area (Å²) in [6.45, 7) is 2.66. The molecule has 1 aliphatic rings. The molecule has 0 aliphatic heterocycles. The van der Waals surface area contributed by atoms with Crippen molar-refractivity contribution in [1.29, 1.82) is 0 Å². The first-order chi connectivity index (χ1) is 15.7. The minimum atomic E-state index is -4.66. The highest BCUT2D eigenvalue weighted by atomic mass is 35.5. The Kier molecular flexibility index (Phi) is 7.26. The summed E-state index contributed by atoms with van der Waals surface area (Å²) in [6.07, 6.45) is -5.69. The predicted octanol–water partition coefficient (Wildman–Crippen LogP) is 6.78. The lowest BCUT2D eigenvalue weighted by molar-refractivity contribution is -0.178. The standard InChI is InChI=1S/C24H23ClF5NO3/c1-12-3-5-14(6-4-12)21(13(2)24(28,29)30)22(34)31-19-9-15(7-8-18(19)25)16(10-20(32)33)17-11-23(17,26)27/h3-9,13,16-17,21H,10-11H2,1-2H3,(H,31,34)(H,32,33)/t13-,16?,17?,21?/m1/s1. The van der Waals surface area contributed by atoms with Crippen LogP contribution >= 0.6 is 11.6 Å². The minimum absolute atomic E-state index is 0.0175. The maximum Gasteiger partial charge on any atom is 0.392 e. The maximum atomic E-state index is 13.7. The highest BCUT2D eigenvalue weighted by Gasteiger charge is 2.60. The number of anilines is 1. The second kappa shape index (κ2) is 9.52. The molecule has 1 aliphatic carbocycles. The molecule has 3 unspecified atom stereocenters. The fourth-order valence-electron chi connectivity index (χ4n) is 4.06. The van der Waals surface area contributed by atoms with Gasteiger partial charge in [-0.2, -0.15) is 13.2 Å². The van der Waals surface area contributed by atoms with Crippen LogP contribution in [0.2, 0.25) is 5.02 Å². The number of carbonyl (C=O) groups excluding carboxylic acids is 1. The number of hydrogen-bond acceptors (Lipinski definition) is 2. The van der Waals surface area contributed by atoms with Crippen molar-refractivity contribution in [3.05, 3.63) is 64.2 Å². The number of rotatable bonds is 8. The Morgan fingerprint density at radius 2 is 1.71 bits per heavy atom. The molecule has 0 bridgehead atoms. The van der Waals surface area contributed by atoms with Crippen LogP contribution in [-0.4, -0.2) is 29.1 Å². The fourth-order valence-corrected chi connectivity index (χ4v) is 4.23. The lowest BCUT2D eigenvalue weighted by atomic mass is 9.85. The molecule has 0 spiro atoms. The highest BCUT2D eigenvalue weighted by molar-refractivity contribution is 6.33. The SMILES string of the molecule is Cc1ccc(C(C(=O)Nc2cc(C(CC(=O)O)C3CC3(F)F)ccc2Cl)[C@@H](C)C(F)(F)F)cc1. The molecular formula is C24H23ClF5NO3. The van der Waals surface area contributed by atoms with E-state index >= 15 is 0 Å². The van der Waals surface area contributed by atoms with Crippen LogP contribution in [0.25, 0.3) is 0 Å². The van der Waals surface area contributed by atoms with Gasteiger partial charge in [-0.15, -0.1) is 0 Å². The van der Waals surface area contributed by atoms with Gasteiger partial charge < -0.3 is 10.4 Å². The summed E-state index contributed by atoms with van der Waals surface area (Å²) in [5.41, 5.74) is 1.09. The van der Waals surface area contributed by atoms with Crippen molar-refractivity contribution in [1.82, 2.24) is 0 Å². The third kappa shape index (κ3) is 5.87. The number of hydrogen-bond donors (Lipinski definition) is 2. The van der Waals surface area contributed by atoms with Crippen LogP contribution in [0.5, 0.6) is 0 Å². The zero-order valence-electron chi connectivity index (χ0n) is 18.3. The van der Waals surface area contributed by atoms with Crippen LogP contribution in [-0.2, 0) is 9.59 Å². The van der Waals surface area contributed by atoms with Crippen molar-refractivity contribution in [2.45, 2.75) is 50.6 Å². The molecule has 10 heteroatoms. The van der Waals surface area contributed by atoms with Crippen molar-refractivity contribution in [2.75, 3.05) is 5.32 Å². The predicted molar refractivity (Wildman–Crippen MR) is 117 cm³/mol. The van der Waals surface area contributed by atoms with Crippen molar-refractivity contribution in [3.63, 3.8) is 0 Å². The Hall–Kier alpha value is -2.68. The van der Waals surface area contributed by atoms with Gasteiger partial charge in [-0.1, -0.05) is 54.4 Å². The lowest BCUT2D eigenvalue weighted by Crippen LogP contribution is -2.34. The van der Waals surface area contributed by atoms with E-state index in [0.29, 0.717) is 0 Å². The molecule has 1 fully saturated rings. The fraction of sp³-hybridized carbons (Fsp3) is 0.417. The van der Waals surface area contributed by atoms with Gasteiger partial charge in [0.15, 0.2) is 0 Å². The van der Waals surface area contributed by atoms with E-state index in [1.165, 1.54) is 30.3 Å². The number of alkyl halides is 5. The second-order valence-electron chi connectivity index (χ2n) is 8.72. The average molecular weight is 504 g/mol. The van der Waals surface area contributed by atoms with Crippen molar-refractivity contribution in [3.8, 4) is 0 Å². The molecule has 0 saturated heterocycles. The zero-order valence-corrected chi connectivity index (χ0v) is 19.1. The van der Waals surface area contributed by atoms with E-state index < -0.39 is 60.5 Å². The monoisotopic (exact) mass is 503 g/mol. The summed E-state index contributed by atoms with van der Waals surface area (Å²) < 4.78 is 68.1. The number of amides is 1. The van der Waals surface area contributed by atoms with E-state index in [0.717, 1.165) is 12.5 Å². The molecule has 3 rings (SSSR count). The molecule has 2 aromatic carbocycles. The van der Waals surface area contributed by atoms with Gasteiger partial charge in [0.1, 0.15) is 0 Å². The van der Waals surface area contributed by atoms with Gasteiger partial charge in [-0.25, -0.2) is 8.78 Å². The molecule has 2 N–H and O–H groups in total. The van der Waals surface area contributed by atoms with E-state index in [2.05, 4.69) is 5.32 Å². The second-order valence-corrected chi connectivity index (χ2v) is 9.13. The first kappa shape index (κ1) is 25.9. The van der Waals surface area contributed by atoms with Gasteiger partial charge >= 0.3 is 12.1 Å². The molecule has 1 amide bonds. The van der Waals surface area contributed by atoms with Crippen molar-refractivity contribution < 1.29 is 36.6 Å². The largest absolute Gasteiger partial charge is 0.481 e. The van der Waals surface area contributed by atoms with Crippen LogP contribution in [0, 0.1) is 18.8 Å². The summed E-state index contributed by atoms with van der Waals surface area (Å²) >= 11 is 6.14. The molecule has 4 atom stereocenters. The maximum absolute atomic E-state index is 13.7. The van der Waals surface area contributed by atoms with Gasteiger partial charge in [-0.05, 0) is 30.2 Å². The molecule has 0 radical (unpaired) electrons. The highest BCUT2D eigenvalue weighted by Crippen LogP contribution is 2.57. The molecule has 2 aromatic rings. The van der Waals surface area contributed by atoms with Gasteiger partial charge in [0, 0.05) is 18.3 Å². The van der Waals surface area contributed by atoms with E-state index in [-0.39, 0.29) is 21.8 Å². The van der Waals surface area contributed by atoms with Gasteiger partial charge in [0.05, 0.1) is 29.0 Å². The van der Waals surface area contributed by atoms with Gasteiger partial charge in [0.25, 0.3) is 5.92 Å². The quantitative estimate of drug-likeness (QED) is 0.390. The number of aliphatic carboxylic acids is 1. The molecule has 1 saturated carbocycles. The molecule has 34 heavy (non-hydrogen) atoms. The van der Waals surface area contributed by atoms with Crippen LogP contribution in [0.1, 0.15) is 48.3 Å². The number of carboxylic acids is 1. The number of carbonyl (C=O) groups is 2. The Bertz CT molecular complexity index is 1070. The molecule has 184 valence electrons. The number of carboxylic acid groups (broad SMARTS) is 1. The summed E-state index contributed by atoms with van der Waals surface area (Å²) in [6, 6.07) is 10.0. The number of benzene rings is 2. The van der Waals surface area contributed by atoms with Crippen LogP contribution < -0.4 is 5.32 Å². The molecule has 0 aromatic heterocycles. The van der Waals surface area contributed by atoms with E-state index in [9.17, 15) is 31.5 Å². The van der Waals surface area contributed by atoms with Gasteiger partial charge in [-0.3, -0.25) is 9.59 Å². The van der Waals surface area contributed by atoms with E-state index in [4.69, 9.17) is 16.7 Å². The average Bonchev–Trinajstić information content (AvgIpc) is 3.36. The number of nitrogens with one attached hydrogen (secondary N) is 1. The summed E-state index contributed by atoms with van der Waals surface area (Å²) in [7, 11) is 0. The van der Waals surface area contributed by atoms with Crippen molar-refractivity contribution in [2.24, 2.45) is 11.8 Å². The Balaban J connectivity index is 1.93.